The predicted molar refractivity (Wildman–Crippen MR) is 68.7 cm³/mol. The van der Waals surface area contributed by atoms with Crippen LogP contribution in [0.5, 0.6) is 0 Å². The summed E-state index contributed by atoms with van der Waals surface area (Å²) in [5.41, 5.74) is 2.09. The van der Waals surface area contributed by atoms with E-state index in [1.54, 1.807) is 12.3 Å². The maximum Gasteiger partial charge on any atom is 0.347 e. The molecule has 0 amide bonds. The van der Waals surface area contributed by atoms with Crippen LogP contribution in [0, 0.1) is 13.8 Å². The highest BCUT2D eigenvalue weighted by molar-refractivity contribution is 5.96. The summed E-state index contributed by atoms with van der Waals surface area (Å²) < 4.78 is 1.33. The van der Waals surface area contributed by atoms with Gasteiger partial charge in [-0.15, -0.1) is 0 Å². The van der Waals surface area contributed by atoms with E-state index >= 15 is 0 Å². The third-order valence-electron chi connectivity index (χ3n) is 2.64. The van der Waals surface area contributed by atoms with E-state index in [-0.39, 0.29) is 12.3 Å². The summed E-state index contributed by atoms with van der Waals surface area (Å²) in [7, 11) is 0. The zero-order valence-corrected chi connectivity index (χ0v) is 10.4. The van der Waals surface area contributed by atoms with Crippen LogP contribution in [0.25, 0.3) is 0 Å². The van der Waals surface area contributed by atoms with E-state index < -0.39 is 5.69 Å². The van der Waals surface area contributed by atoms with E-state index in [0.29, 0.717) is 5.56 Å². The molecule has 1 heterocycles. The molecule has 4 heteroatoms. The molecule has 4 nitrogen and oxygen atoms in total. The molecule has 0 aliphatic rings. The molecule has 0 aliphatic carbocycles. The van der Waals surface area contributed by atoms with E-state index in [1.807, 2.05) is 32.0 Å². The summed E-state index contributed by atoms with van der Waals surface area (Å²) in [5.74, 6) is -0.0896. The molecule has 2 rings (SSSR count). The number of nitrogens with zero attached hydrogens (tertiary/aromatic N) is 2. The van der Waals surface area contributed by atoms with Gasteiger partial charge in [0.15, 0.2) is 5.78 Å². The van der Waals surface area contributed by atoms with Crippen molar-refractivity contribution < 1.29 is 4.79 Å². The van der Waals surface area contributed by atoms with E-state index in [0.717, 1.165) is 11.1 Å². The molecular formula is C14H14N2O2. The summed E-state index contributed by atoms with van der Waals surface area (Å²) in [6.07, 6.45) is 3.14. The maximum absolute atomic E-state index is 12.0. The lowest BCUT2D eigenvalue weighted by atomic mass is 10.1. The fourth-order valence-electron chi connectivity index (χ4n) is 1.74. The number of benzene rings is 1. The van der Waals surface area contributed by atoms with Crippen LogP contribution >= 0.6 is 0 Å². The van der Waals surface area contributed by atoms with Crippen molar-refractivity contribution in [3.63, 3.8) is 0 Å². The molecule has 0 spiro atoms. The Morgan fingerprint density at radius 3 is 2.78 bits per heavy atom. The van der Waals surface area contributed by atoms with Gasteiger partial charge in [0.1, 0.15) is 0 Å². The Morgan fingerprint density at radius 1 is 1.28 bits per heavy atom. The molecule has 0 N–H and O–H groups in total. The van der Waals surface area contributed by atoms with Crippen molar-refractivity contribution in [3.05, 3.63) is 63.8 Å². The van der Waals surface area contributed by atoms with Gasteiger partial charge in [-0.05, 0) is 25.5 Å². The van der Waals surface area contributed by atoms with Crippen molar-refractivity contribution in [1.82, 2.24) is 9.55 Å². The van der Waals surface area contributed by atoms with Gasteiger partial charge in [-0.25, -0.2) is 9.78 Å². The Balaban J connectivity index is 2.27. The molecule has 0 unspecified atom stereocenters. The lowest BCUT2D eigenvalue weighted by Gasteiger charge is -2.05. The molecule has 0 aliphatic heterocycles. The third-order valence-corrected chi connectivity index (χ3v) is 2.64. The van der Waals surface area contributed by atoms with E-state index in [4.69, 9.17) is 0 Å². The maximum atomic E-state index is 12.0. The number of carbonyl (C=O) groups excluding carboxylic acids is 1. The number of rotatable bonds is 3. The number of carbonyl (C=O) groups is 1. The Morgan fingerprint density at radius 2 is 2.06 bits per heavy atom. The van der Waals surface area contributed by atoms with Gasteiger partial charge >= 0.3 is 5.69 Å². The van der Waals surface area contributed by atoms with Gasteiger partial charge in [0, 0.05) is 18.0 Å². The smallest absolute Gasteiger partial charge is 0.292 e. The molecule has 0 saturated heterocycles. The molecule has 0 radical (unpaired) electrons. The van der Waals surface area contributed by atoms with Gasteiger partial charge in [0.25, 0.3) is 0 Å². The topological polar surface area (TPSA) is 52.0 Å². The minimum atomic E-state index is -0.401. The first-order chi connectivity index (χ1) is 8.56. The third kappa shape index (κ3) is 2.71. The molecule has 1 aromatic carbocycles. The second kappa shape index (κ2) is 4.96. The van der Waals surface area contributed by atoms with Crippen molar-refractivity contribution in [2.45, 2.75) is 20.4 Å². The van der Waals surface area contributed by atoms with Crippen molar-refractivity contribution in [3.8, 4) is 0 Å². The fourth-order valence-corrected chi connectivity index (χ4v) is 1.74. The second-order valence-corrected chi connectivity index (χ2v) is 4.33. The Kier molecular flexibility index (Phi) is 3.37. The Bertz CT molecular complexity index is 644. The number of hydrogen-bond acceptors (Lipinski definition) is 3. The largest absolute Gasteiger partial charge is 0.347 e. The highest BCUT2D eigenvalue weighted by Gasteiger charge is 2.08. The Labute approximate surface area is 105 Å². The van der Waals surface area contributed by atoms with Crippen molar-refractivity contribution in [1.29, 1.82) is 0 Å². The van der Waals surface area contributed by atoms with Crippen LogP contribution in [0.15, 0.2) is 41.5 Å². The van der Waals surface area contributed by atoms with Crippen LogP contribution in [-0.4, -0.2) is 15.3 Å². The first-order valence-corrected chi connectivity index (χ1v) is 5.69. The number of aryl methyl sites for hydroxylation is 2. The molecule has 92 valence electrons. The lowest BCUT2D eigenvalue weighted by Crippen LogP contribution is -2.26. The van der Waals surface area contributed by atoms with Crippen molar-refractivity contribution in [2.24, 2.45) is 0 Å². The van der Waals surface area contributed by atoms with E-state index in [9.17, 15) is 9.59 Å². The first kappa shape index (κ1) is 12.2. The van der Waals surface area contributed by atoms with Crippen LogP contribution in [-0.2, 0) is 6.54 Å². The molecule has 0 bridgehead atoms. The highest BCUT2D eigenvalue weighted by atomic mass is 16.2. The molecule has 18 heavy (non-hydrogen) atoms. The van der Waals surface area contributed by atoms with Gasteiger partial charge in [0.05, 0.1) is 6.54 Å². The zero-order chi connectivity index (χ0) is 13.1. The predicted octanol–water partition coefficient (Wildman–Crippen LogP) is 1.74. The fraction of sp³-hybridized carbons (Fsp3) is 0.214. The van der Waals surface area contributed by atoms with Crippen molar-refractivity contribution in [2.75, 3.05) is 0 Å². The molecule has 2 aromatic rings. The average Bonchev–Trinajstić information content (AvgIpc) is 2.34. The summed E-state index contributed by atoms with van der Waals surface area (Å²) in [6.45, 7) is 3.79. The van der Waals surface area contributed by atoms with Crippen LogP contribution in [0.1, 0.15) is 21.5 Å². The van der Waals surface area contributed by atoms with Gasteiger partial charge in [0.2, 0.25) is 0 Å². The molecule has 1 aromatic heterocycles. The summed E-state index contributed by atoms with van der Waals surface area (Å²) in [5, 5.41) is 0. The molecular weight excluding hydrogens is 228 g/mol. The minimum Gasteiger partial charge on any atom is -0.292 e. The summed E-state index contributed by atoms with van der Waals surface area (Å²) >= 11 is 0. The van der Waals surface area contributed by atoms with Gasteiger partial charge < -0.3 is 0 Å². The quantitative estimate of drug-likeness (QED) is 0.770. The second-order valence-electron chi connectivity index (χ2n) is 4.33. The minimum absolute atomic E-state index is 0.0248. The first-order valence-electron chi connectivity index (χ1n) is 5.69. The van der Waals surface area contributed by atoms with Crippen LogP contribution in [0.2, 0.25) is 0 Å². The van der Waals surface area contributed by atoms with Crippen LogP contribution < -0.4 is 5.69 Å². The summed E-state index contributed by atoms with van der Waals surface area (Å²) in [6, 6.07) is 7.33. The zero-order valence-electron chi connectivity index (χ0n) is 10.4. The van der Waals surface area contributed by atoms with Gasteiger partial charge in [-0.2, -0.15) is 0 Å². The lowest BCUT2D eigenvalue weighted by molar-refractivity contribution is 0.0970. The average molecular weight is 242 g/mol. The van der Waals surface area contributed by atoms with Crippen molar-refractivity contribution >= 4 is 5.78 Å². The molecule has 0 atom stereocenters. The molecule has 0 fully saturated rings. The van der Waals surface area contributed by atoms with E-state index in [2.05, 4.69) is 4.98 Å². The van der Waals surface area contributed by atoms with Gasteiger partial charge in [-0.3, -0.25) is 9.36 Å². The standard InChI is InChI=1S/C14H14N2O2/c1-10-4-3-5-12(6-10)13(17)9-16-8-11(2)7-15-14(16)18/h3-8H,9H2,1-2H3. The highest BCUT2D eigenvalue weighted by Crippen LogP contribution is 2.05. The SMILES string of the molecule is Cc1cccc(C(=O)Cn2cc(C)cnc2=O)c1. The normalized spacial score (nSPS) is 10.3. The van der Waals surface area contributed by atoms with Crippen LogP contribution in [0.3, 0.4) is 0 Å². The monoisotopic (exact) mass is 242 g/mol. The number of Topliss-reactive ketones (excluding diaryl/α,β-unsaturated/α-hetero) is 1. The molecule has 0 saturated carbocycles. The number of ketones is 1. The van der Waals surface area contributed by atoms with Gasteiger partial charge in [-0.1, -0.05) is 23.8 Å². The number of aromatic nitrogens is 2. The number of hydrogen-bond donors (Lipinski definition) is 0. The van der Waals surface area contributed by atoms with E-state index in [1.165, 1.54) is 10.8 Å². The Hall–Kier alpha value is -2.23. The van der Waals surface area contributed by atoms with Crippen LogP contribution in [0.4, 0.5) is 0 Å². The summed E-state index contributed by atoms with van der Waals surface area (Å²) in [4.78, 5) is 27.2.